The van der Waals surface area contributed by atoms with E-state index in [0.717, 1.165) is 36.8 Å². The van der Waals surface area contributed by atoms with Gasteiger partial charge in [0.1, 0.15) is 5.82 Å². The molecule has 21 heavy (non-hydrogen) atoms. The van der Waals surface area contributed by atoms with Gasteiger partial charge in [-0.25, -0.2) is 4.98 Å². The summed E-state index contributed by atoms with van der Waals surface area (Å²) in [6.07, 6.45) is 1.14. The zero-order chi connectivity index (χ0) is 14.5. The van der Waals surface area contributed by atoms with E-state index < -0.39 is 0 Å². The Hall–Kier alpha value is -0.650. The Morgan fingerprint density at radius 2 is 2.24 bits per heavy atom. The number of aromatic nitrogens is 2. The maximum atomic E-state index is 4.80. The molecule has 1 fully saturated rings. The average molecular weight is 322 g/mol. The minimum atomic E-state index is 0.757. The Bertz CT molecular complexity index is 576. The fraction of sp³-hybridized carbons (Fsp3) is 0.562. The van der Waals surface area contributed by atoms with Crippen molar-refractivity contribution in [2.45, 2.75) is 31.7 Å². The highest BCUT2D eigenvalue weighted by Crippen LogP contribution is 2.23. The van der Waals surface area contributed by atoms with Crippen molar-refractivity contribution in [2.24, 2.45) is 0 Å². The van der Waals surface area contributed by atoms with Gasteiger partial charge in [0.2, 0.25) is 0 Å². The van der Waals surface area contributed by atoms with Gasteiger partial charge < -0.3 is 9.88 Å². The van der Waals surface area contributed by atoms with E-state index in [0.29, 0.717) is 0 Å². The first-order chi connectivity index (χ1) is 10.4. The first-order valence-corrected chi connectivity index (χ1v) is 9.93. The third-order valence-electron chi connectivity index (χ3n) is 3.72. The van der Waals surface area contributed by atoms with Crippen LogP contribution in [0.3, 0.4) is 0 Å². The SMILES string of the molecule is CCCn1c(CNCC2CSCCS2)nc2ccccc21. The topological polar surface area (TPSA) is 29.9 Å². The molecule has 0 saturated carbocycles. The van der Waals surface area contributed by atoms with Gasteiger partial charge in [-0.1, -0.05) is 19.1 Å². The number of imidazole rings is 1. The van der Waals surface area contributed by atoms with Crippen molar-refractivity contribution in [3.05, 3.63) is 30.1 Å². The van der Waals surface area contributed by atoms with E-state index in [2.05, 4.69) is 64.6 Å². The van der Waals surface area contributed by atoms with Crippen molar-refractivity contribution < 1.29 is 0 Å². The predicted octanol–water partition coefficient (Wildman–Crippen LogP) is 3.38. The van der Waals surface area contributed by atoms with E-state index in [4.69, 9.17) is 4.98 Å². The molecule has 2 aromatic rings. The largest absolute Gasteiger partial charge is 0.327 e. The third kappa shape index (κ3) is 3.76. The summed E-state index contributed by atoms with van der Waals surface area (Å²) in [6.45, 7) is 5.23. The summed E-state index contributed by atoms with van der Waals surface area (Å²) in [4.78, 5) is 4.80. The Morgan fingerprint density at radius 1 is 1.33 bits per heavy atom. The van der Waals surface area contributed by atoms with E-state index >= 15 is 0 Å². The van der Waals surface area contributed by atoms with Crippen LogP contribution in [0.1, 0.15) is 19.2 Å². The summed E-state index contributed by atoms with van der Waals surface area (Å²) in [7, 11) is 0. The minimum Gasteiger partial charge on any atom is -0.327 e. The van der Waals surface area contributed by atoms with Crippen molar-refractivity contribution >= 4 is 34.6 Å². The number of nitrogens with zero attached hydrogens (tertiary/aromatic N) is 2. The number of fused-ring (bicyclic) bond motifs is 1. The monoisotopic (exact) mass is 321 g/mol. The van der Waals surface area contributed by atoms with Crippen molar-refractivity contribution in [1.82, 2.24) is 14.9 Å². The Labute approximate surface area is 135 Å². The number of hydrogen-bond acceptors (Lipinski definition) is 4. The molecular weight excluding hydrogens is 298 g/mol. The van der Waals surface area contributed by atoms with Gasteiger partial charge in [-0.05, 0) is 18.6 Å². The first-order valence-electron chi connectivity index (χ1n) is 7.72. The molecular formula is C16H23N3S2. The number of hydrogen-bond donors (Lipinski definition) is 1. The molecule has 3 rings (SSSR count). The van der Waals surface area contributed by atoms with Gasteiger partial charge in [-0.3, -0.25) is 0 Å². The number of para-hydroxylation sites is 2. The second-order valence-electron chi connectivity index (χ2n) is 5.37. The van der Waals surface area contributed by atoms with E-state index in [9.17, 15) is 0 Å². The summed E-state index contributed by atoms with van der Waals surface area (Å²) in [5, 5.41) is 4.37. The van der Waals surface area contributed by atoms with Crippen LogP contribution in [0.25, 0.3) is 11.0 Å². The molecule has 0 radical (unpaired) electrons. The van der Waals surface area contributed by atoms with Crippen LogP contribution in [0.15, 0.2) is 24.3 Å². The zero-order valence-corrected chi connectivity index (χ0v) is 14.2. The predicted molar refractivity (Wildman–Crippen MR) is 95.3 cm³/mol. The van der Waals surface area contributed by atoms with E-state index in [1.54, 1.807) is 0 Å². The normalized spacial score (nSPS) is 19.2. The van der Waals surface area contributed by atoms with Gasteiger partial charge in [-0.15, -0.1) is 0 Å². The molecule has 0 aliphatic carbocycles. The molecule has 1 aromatic carbocycles. The van der Waals surface area contributed by atoms with Crippen molar-refractivity contribution in [1.29, 1.82) is 0 Å². The van der Waals surface area contributed by atoms with Crippen molar-refractivity contribution in [3.63, 3.8) is 0 Å². The maximum Gasteiger partial charge on any atom is 0.123 e. The lowest BCUT2D eigenvalue weighted by Crippen LogP contribution is -2.29. The fourth-order valence-corrected chi connectivity index (χ4v) is 5.38. The molecule has 1 atom stereocenters. The number of nitrogens with one attached hydrogen (secondary N) is 1. The molecule has 0 spiro atoms. The second kappa shape index (κ2) is 7.56. The molecule has 114 valence electrons. The molecule has 0 bridgehead atoms. The number of thioether (sulfide) groups is 2. The summed E-state index contributed by atoms with van der Waals surface area (Å²) < 4.78 is 2.37. The van der Waals surface area contributed by atoms with Crippen LogP contribution in [0.4, 0.5) is 0 Å². The summed E-state index contributed by atoms with van der Waals surface area (Å²) >= 11 is 4.19. The van der Waals surface area contributed by atoms with Crippen LogP contribution in [0.5, 0.6) is 0 Å². The molecule has 1 aliphatic heterocycles. The highest BCUT2D eigenvalue weighted by Gasteiger charge is 2.14. The van der Waals surface area contributed by atoms with Gasteiger partial charge >= 0.3 is 0 Å². The highest BCUT2D eigenvalue weighted by molar-refractivity contribution is 8.06. The Balaban J connectivity index is 1.66. The summed E-state index contributed by atoms with van der Waals surface area (Å²) in [5.74, 6) is 5.06. The lowest BCUT2D eigenvalue weighted by Gasteiger charge is -2.21. The van der Waals surface area contributed by atoms with Crippen LogP contribution in [-0.2, 0) is 13.1 Å². The molecule has 1 aromatic heterocycles. The quantitative estimate of drug-likeness (QED) is 0.883. The average Bonchev–Trinajstić information content (AvgIpc) is 2.87. The lowest BCUT2D eigenvalue weighted by molar-refractivity contribution is 0.599. The number of benzene rings is 1. The molecule has 3 nitrogen and oxygen atoms in total. The standard InChI is InChI=1S/C16H23N3S2/c1-2-7-19-15-6-4-3-5-14(15)18-16(19)11-17-10-13-12-20-8-9-21-13/h3-6,13,17H,2,7-12H2,1H3. The maximum absolute atomic E-state index is 4.80. The lowest BCUT2D eigenvalue weighted by atomic mass is 10.3. The van der Waals surface area contributed by atoms with E-state index in [-0.39, 0.29) is 0 Å². The third-order valence-corrected chi connectivity index (χ3v) is 6.57. The molecule has 1 unspecified atom stereocenters. The first kappa shape index (κ1) is 15.3. The van der Waals surface area contributed by atoms with Gasteiger partial charge in [0.15, 0.2) is 0 Å². The fourth-order valence-electron chi connectivity index (χ4n) is 2.73. The van der Waals surface area contributed by atoms with Crippen molar-refractivity contribution in [2.75, 3.05) is 23.8 Å². The molecule has 0 amide bonds. The van der Waals surface area contributed by atoms with Gasteiger partial charge in [-0.2, -0.15) is 23.5 Å². The molecule has 5 heteroatoms. The Morgan fingerprint density at radius 3 is 3.05 bits per heavy atom. The van der Waals surface area contributed by atoms with Crippen LogP contribution in [0, 0.1) is 0 Å². The summed E-state index contributed by atoms with van der Waals surface area (Å²) in [5.41, 5.74) is 2.38. The smallest absolute Gasteiger partial charge is 0.123 e. The molecule has 1 saturated heterocycles. The Kier molecular flexibility index (Phi) is 5.49. The second-order valence-corrected chi connectivity index (χ2v) is 7.93. The van der Waals surface area contributed by atoms with Crippen LogP contribution >= 0.6 is 23.5 Å². The number of aryl methyl sites for hydroxylation is 1. The van der Waals surface area contributed by atoms with Gasteiger partial charge in [0.25, 0.3) is 0 Å². The van der Waals surface area contributed by atoms with Crippen LogP contribution < -0.4 is 5.32 Å². The molecule has 2 heterocycles. The molecule has 1 aliphatic rings. The van der Waals surface area contributed by atoms with Gasteiger partial charge in [0, 0.05) is 35.6 Å². The number of rotatable bonds is 6. The zero-order valence-electron chi connectivity index (χ0n) is 12.5. The highest BCUT2D eigenvalue weighted by atomic mass is 32.2. The van der Waals surface area contributed by atoms with Crippen molar-refractivity contribution in [3.8, 4) is 0 Å². The minimum absolute atomic E-state index is 0.757. The van der Waals surface area contributed by atoms with E-state index in [1.165, 1.54) is 28.6 Å². The molecule has 1 N–H and O–H groups in total. The van der Waals surface area contributed by atoms with E-state index in [1.807, 2.05) is 0 Å². The van der Waals surface area contributed by atoms with Gasteiger partial charge in [0.05, 0.1) is 17.6 Å². The van der Waals surface area contributed by atoms with Crippen LogP contribution in [0.2, 0.25) is 0 Å². The summed E-state index contributed by atoms with van der Waals surface area (Å²) in [6, 6.07) is 8.45. The van der Waals surface area contributed by atoms with Crippen LogP contribution in [-0.4, -0.2) is 38.6 Å².